The summed E-state index contributed by atoms with van der Waals surface area (Å²) < 4.78 is 12.9. The fraction of sp³-hybridized carbons (Fsp3) is 0.381. The van der Waals surface area contributed by atoms with Crippen LogP contribution in [0.25, 0.3) is 0 Å². The van der Waals surface area contributed by atoms with Crippen LogP contribution in [0.1, 0.15) is 51.3 Å². The van der Waals surface area contributed by atoms with E-state index in [-0.39, 0.29) is 18.2 Å². The van der Waals surface area contributed by atoms with E-state index in [9.17, 15) is 4.79 Å². The lowest BCUT2D eigenvalue weighted by atomic mass is 10.1. The Bertz CT molecular complexity index is 1020. The molecule has 3 aromatic rings. The largest absolute Gasteiger partial charge is 0.486 e. The number of carbonyl (C=O) groups is 1. The highest BCUT2D eigenvalue weighted by atomic mass is 35.5. The number of carbonyl (C=O) groups excluding carboxylic acids is 1. The van der Waals surface area contributed by atoms with Gasteiger partial charge in [-0.1, -0.05) is 16.8 Å². The van der Waals surface area contributed by atoms with Crippen molar-refractivity contribution in [1.82, 2.24) is 20.3 Å². The SMILES string of the molecule is CCn1nc(C)c(CNC(=O)c2cc(COc3cc(C)c(Cl)c(C)c3)on2)c1C. The lowest BCUT2D eigenvalue weighted by Gasteiger charge is -2.08. The second-order valence-electron chi connectivity index (χ2n) is 6.99. The minimum absolute atomic E-state index is 0.169. The Kier molecular flexibility index (Phi) is 6.27. The van der Waals surface area contributed by atoms with E-state index < -0.39 is 0 Å². The molecule has 1 amide bonds. The first kappa shape index (κ1) is 20.9. The fourth-order valence-electron chi connectivity index (χ4n) is 3.19. The van der Waals surface area contributed by atoms with Crippen LogP contribution in [0.5, 0.6) is 5.75 Å². The zero-order valence-corrected chi connectivity index (χ0v) is 18.1. The van der Waals surface area contributed by atoms with Gasteiger partial charge in [0.05, 0.1) is 5.69 Å². The molecule has 0 unspecified atom stereocenters. The first-order chi connectivity index (χ1) is 13.8. The molecule has 3 rings (SSSR count). The Morgan fingerprint density at radius 1 is 1.21 bits per heavy atom. The van der Waals surface area contributed by atoms with Gasteiger partial charge in [0.1, 0.15) is 12.4 Å². The van der Waals surface area contributed by atoms with Gasteiger partial charge in [-0.3, -0.25) is 9.48 Å². The van der Waals surface area contributed by atoms with Gasteiger partial charge in [-0.15, -0.1) is 0 Å². The highest BCUT2D eigenvalue weighted by molar-refractivity contribution is 6.32. The number of hydrogen-bond acceptors (Lipinski definition) is 5. The van der Waals surface area contributed by atoms with Gasteiger partial charge in [-0.25, -0.2) is 0 Å². The average Bonchev–Trinajstić information content (AvgIpc) is 3.27. The van der Waals surface area contributed by atoms with E-state index >= 15 is 0 Å². The van der Waals surface area contributed by atoms with Crippen molar-refractivity contribution >= 4 is 17.5 Å². The summed E-state index contributed by atoms with van der Waals surface area (Å²) in [6.45, 7) is 11.2. The summed E-state index contributed by atoms with van der Waals surface area (Å²) in [7, 11) is 0. The molecule has 0 bridgehead atoms. The second-order valence-corrected chi connectivity index (χ2v) is 7.36. The summed E-state index contributed by atoms with van der Waals surface area (Å²) in [5.41, 5.74) is 5.07. The molecule has 154 valence electrons. The third kappa shape index (κ3) is 4.62. The highest BCUT2D eigenvalue weighted by Crippen LogP contribution is 2.26. The first-order valence-corrected chi connectivity index (χ1v) is 9.84. The molecule has 8 heteroatoms. The van der Waals surface area contributed by atoms with Gasteiger partial charge < -0.3 is 14.6 Å². The molecule has 0 aliphatic rings. The van der Waals surface area contributed by atoms with E-state index in [2.05, 4.69) is 15.6 Å². The molecule has 7 nitrogen and oxygen atoms in total. The van der Waals surface area contributed by atoms with Crippen molar-refractivity contribution in [3.8, 4) is 5.75 Å². The quantitative estimate of drug-likeness (QED) is 0.621. The van der Waals surface area contributed by atoms with Gasteiger partial charge in [0, 0.05) is 35.4 Å². The number of hydrogen-bond donors (Lipinski definition) is 1. The third-order valence-corrected chi connectivity index (χ3v) is 5.44. The standard InChI is InChI=1S/C21H25ClN4O3/c1-6-26-15(5)18(14(4)24-26)10-23-21(27)19-9-17(29-25-19)11-28-16-7-12(2)20(22)13(3)8-16/h7-9H,6,10-11H2,1-5H3,(H,23,27). The summed E-state index contributed by atoms with van der Waals surface area (Å²) in [6.07, 6.45) is 0. The number of rotatable bonds is 7. The summed E-state index contributed by atoms with van der Waals surface area (Å²) in [5.74, 6) is 0.846. The smallest absolute Gasteiger partial charge is 0.273 e. The number of amides is 1. The van der Waals surface area contributed by atoms with Crippen molar-refractivity contribution in [2.24, 2.45) is 0 Å². The summed E-state index contributed by atoms with van der Waals surface area (Å²) in [5, 5.41) is 11.9. The average molecular weight is 417 g/mol. The van der Waals surface area contributed by atoms with Gasteiger partial charge in [0.25, 0.3) is 5.91 Å². The van der Waals surface area contributed by atoms with Crippen molar-refractivity contribution in [3.05, 3.63) is 62.8 Å². The molecule has 1 N–H and O–H groups in total. The molecule has 29 heavy (non-hydrogen) atoms. The minimum Gasteiger partial charge on any atom is -0.486 e. The molecular formula is C21H25ClN4O3. The fourth-order valence-corrected chi connectivity index (χ4v) is 3.30. The van der Waals surface area contributed by atoms with E-state index in [1.54, 1.807) is 6.07 Å². The Morgan fingerprint density at radius 2 is 1.90 bits per heavy atom. The predicted octanol–water partition coefficient (Wildman–Crippen LogP) is 4.29. The number of aromatic nitrogens is 3. The van der Waals surface area contributed by atoms with Crippen LogP contribution in [0.15, 0.2) is 22.7 Å². The molecule has 2 aromatic heterocycles. The lowest BCUT2D eigenvalue weighted by molar-refractivity contribution is 0.0941. The lowest BCUT2D eigenvalue weighted by Crippen LogP contribution is -2.23. The molecule has 1 aromatic carbocycles. The Balaban J connectivity index is 1.59. The number of aryl methyl sites for hydroxylation is 4. The molecule has 0 saturated carbocycles. The summed E-state index contributed by atoms with van der Waals surface area (Å²) in [6, 6.07) is 5.31. The second kappa shape index (κ2) is 8.69. The highest BCUT2D eigenvalue weighted by Gasteiger charge is 2.16. The van der Waals surface area contributed by atoms with Gasteiger partial charge in [-0.2, -0.15) is 5.10 Å². The van der Waals surface area contributed by atoms with Crippen molar-refractivity contribution < 1.29 is 14.1 Å². The normalized spacial score (nSPS) is 11.0. The Morgan fingerprint density at radius 3 is 2.52 bits per heavy atom. The van der Waals surface area contributed by atoms with E-state index in [0.29, 0.717) is 18.1 Å². The molecule has 0 spiro atoms. The van der Waals surface area contributed by atoms with Crippen LogP contribution in [0.3, 0.4) is 0 Å². The first-order valence-electron chi connectivity index (χ1n) is 9.46. The van der Waals surface area contributed by atoms with Crippen LogP contribution in [-0.4, -0.2) is 20.8 Å². The van der Waals surface area contributed by atoms with Crippen LogP contribution < -0.4 is 10.1 Å². The number of nitrogens with zero attached hydrogens (tertiary/aromatic N) is 3. The molecule has 0 aliphatic carbocycles. The zero-order chi connectivity index (χ0) is 21.1. The van der Waals surface area contributed by atoms with Gasteiger partial charge in [0.2, 0.25) is 0 Å². The van der Waals surface area contributed by atoms with Gasteiger partial charge in [0.15, 0.2) is 11.5 Å². The van der Waals surface area contributed by atoms with Crippen molar-refractivity contribution in [1.29, 1.82) is 0 Å². The predicted molar refractivity (Wildman–Crippen MR) is 110 cm³/mol. The summed E-state index contributed by atoms with van der Waals surface area (Å²) in [4.78, 5) is 12.4. The van der Waals surface area contributed by atoms with E-state index in [1.165, 1.54) is 0 Å². The van der Waals surface area contributed by atoms with Crippen molar-refractivity contribution in [2.75, 3.05) is 0 Å². The number of nitrogens with one attached hydrogen (secondary N) is 1. The van der Waals surface area contributed by atoms with Crippen LogP contribution in [-0.2, 0) is 19.7 Å². The van der Waals surface area contributed by atoms with E-state index in [1.807, 2.05) is 51.4 Å². The maximum atomic E-state index is 12.4. The van der Waals surface area contributed by atoms with Crippen LogP contribution in [0.2, 0.25) is 5.02 Å². The molecule has 0 atom stereocenters. The van der Waals surface area contributed by atoms with Crippen LogP contribution in [0, 0.1) is 27.7 Å². The maximum absolute atomic E-state index is 12.4. The molecule has 0 radical (unpaired) electrons. The number of halogens is 1. The molecule has 2 heterocycles. The monoisotopic (exact) mass is 416 g/mol. The van der Waals surface area contributed by atoms with E-state index in [0.717, 1.165) is 39.6 Å². The topological polar surface area (TPSA) is 82.2 Å². The van der Waals surface area contributed by atoms with Crippen molar-refractivity contribution in [3.63, 3.8) is 0 Å². The summed E-state index contributed by atoms with van der Waals surface area (Å²) >= 11 is 6.17. The van der Waals surface area contributed by atoms with Gasteiger partial charge in [-0.05, 0) is 57.9 Å². The molecule has 0 fully saturated rings. The van der Waals surface area contributed by atoms with Gasteiger partial charge >= 0.3 is 0 Å². The Labute approximate surface area is 175 Å². The maximum Gasteiger partial charge on any atom is 0.273 e. The molecular weight excluding hydrogens is 392 g/mol. The number of benzene rings is 1. The van der Waals surface area contributed by atoms with Crippen LogP contribution in [0.4, 0.5) is 0 Å². The van der Waals surface area contributed by atoms with Crippen LogP contribution >= 0.6 is 11.6 Å². The Hall–Kier alpha value is -2.80. The number of ether oxygens (including phenoxy) is 1. The van der Waals surface area contributed by atoms with E-state index in [4.69, 9.17) is 20.9 Å². The zero-order valence-electron chi connectivity index (χ0n) is 17.3. The molecule has 0 saturated heterocycles. The minimum atomic E-state index is -0.304. The third-order valence-electron chi connectivity index (χ3n) is 4.84. The molecule has 0 aliphatic heterocycles. The van der Waals surface area contributed by atoms with Crippen molar-refractivity contribution in [2.45, 2.75) is 54.3 Å².